The summed E-state index contributed by atoms with van der Waals surface area (Å²) in [6.45, 7) is 6.39. The maximum absolute atomic E-state index is 13.1. The van der Waals surface area contributed by atoms with Crippen molar-refractivity contribution < 1.29 is 4.79 Å². The van der Waals surface area contributed by atoms with Gasteiger partial charge >= 0.3 is 0 Å². The van der Waals surface area contributed by atoms with E-state index in [1.165, 1.54) is 28.1 Å². The van der Waals surface area contributed by atoms with Gasteiger partial charge in [-0.25, -0.2) is 0 Å². The minimum atomic E-state index is -0.00831. The van der Waals surface area contributed by atoms with Crippen LogP contribution in [0.3, 0.4) is 0 Å². The maximum atomic E-state index is 13.1. The molecule has 2 aromatic carbocycles. The van der Waals surface area contributed by atoms with Gasteiger partial charge in [0.2, 0.25) is 0 Å². The van der Waals surface area contributed by atoms with Crippen LogP contribution < -0.4 is 10.2 Å². The summed E-state index contributed by atoms with van der Waals surface area (Å²) in [7, 11) is 4.29. The van der Waals surface area contributed by atoms with Gasteiger partial charge in [-0.05, 0) is 80.6 Å². The van der Waals surface area contributed by atoms with Gasteiger partial charge in [0.1, 0.15) is 0 Å². The van der Waals surface area contributed by atoms with Crippen LogP contribution in [0.1, 0.15) is 30.9 Å². The first kappa shape index (κ1) is 22.7. The van der Waals surface area contributed by atoms with E-state index in [2.05, 4.69) is 85.5 Å². The van der Waals surface area contributed by atoms with Gasteiger partial charge in [0.25, 0.3) is 5.91 Å². The van der Waals surface area contributed by atoms with Crippen LogP contribution in [0.2, 0.25) is 0 Å². The Balaban J connectivity index is 1.41. The largest absolute Gasteiger partial charge is 0.370 e. The van der Waals surface area contributed by atoms with Gasteiger partial charge in [-0.3, -0.25) is 4.79 Å². The van der Waals surface area contributed by atoms with Crippen molar-refractivity contribution in [1.29, 1.82) is 0 Å². The van der Waals surface area contributed by atoms with E-state index in [1.54, 1.807) is 11.8 Å². The quantitative estimate of drug-likeness (QED) is 0.631. The van der Waals surface area contributed by atoms with Gasteiger partial charge < -0.3 is 15.1 Å². The number of aryl methyl sites for hydroxylation is 1. The molecule has 0 aliphatic carbocycles. The van der Waals surface area contributed by atoms with Crippen molar-refractivity contribution in [3.8, 4) is 0 Å². The average Bonchev–Trinajstić information content (AvgIpc) is 3.20. The zero-order valence-corrected chi connectivity index (χ0v) is 20.3. The summed E-state index contributed by atoms with van der Waals surface area (Å²) in [4.78, 5) is 19.0. The topological polar surface area (TPSA) is 35.6 Å². The van der Waals surface area contributed by atoms with Crippen LogP contribution in [-0.4, -0.2) is 44.0 Å². The number of hydrogen-bond acceptors (Lipinski definition) is 4. The number of amides is 1. The predicted octanol–water partition coefficient (Wildman–Crippen LogP) is 5.77. The van der Waals surface area contributed by atoms with E-state index in [4.69, 9.17) is 0 Å². The summed E-state index contributed by atoms with van der Waals surface area (Å²) in [5.41, 5.74) is 5.41. The highest BCUT2D eigenvalue weighted by molar-refractivity contribution is 8.11. The molecule has 1 fully saturated rings. The minimum absolute atomic E-state index is 0.00831. The Hall–Kier alpha value is -2.50. The summed E-state index contributed by atoms with van der Waals surface area (Å²) in [5, 5.41) is 5.14. The number of allylic oxidation sites excluding steroid dienone is 1. The van der Waals surface area contributed by atoms with Crippen molar-refractivity contribution in [3.05, 3.63) is 76.7 Å². The van der Waals surface area contributed by atoms with Crippen LogP contribution in [0.25, 0.3) is 4.91 Å². The highest BCUT2D eigenvalue weighted by atomic mass is 32.2. The Morgan fingerprint density at radius 1 is 1.12 bits per heavy atom. The molecule has 1 saturated heterocycles. The van der Waals surface area contributed by atoms with E-state index in [0.717, 1.165) is 30.8 Å². The molecule has 1 amide bonds. The van der Waals surface area contributed by atoms with Gasteiger partial charge in [0.15, 0.2) is 0 Å². The Morgan fingerprint density at radius 3 is 2.56 bits per heavy atom. The number of nitrogens with zero attached hydrogens (tertiary/aromatic N) is 2. The van der Waals surface area contributed by atoms with Crippen molar-refractivity contribution in [2.75, 3.05) is 37.4 Å². The number of anilines is 2. The molecule has 0 bridgehead atoms. The Bertz CT molecular complexity index is 1030. The van der Waals surface area contributed by atoms with Crippen molar-refractivity contribution in [3.63, 3.8) is 0 Å². The number of hydrogen-bond donors (Lipinski definition) is 1. The van der Waals surface area contributed by atoms with Crippen molar-refractivity contribution in [1.82, 2.24) is 4.90 Å². The maximum Gasteiger partial charge on any atom is 0.252 e. The van der Waals surface area contributed by atoms with E-state index >= 15 is 0 Å². The number of thioether (sulfide) groups is 1. The minimum Gasteiger partial charge on any atom is -0.370 e. The lowest BCUT2D eigenvalue weighted by Gasteiger charge is -2.22. The molecule has 0 spiro atoms. The predicted molar refractivity (Wildman–Crippen MR) is 138 cm³/mol. The zero-order chi connectivity index (χ0) is 22.7. The first-order chi connectivity index (χ1) is 15.4. The lowest BCUT2D eigenvalue weighted by molar-refractivity contribution is -0.113. The molecule has 5 heteroatoms. The smallest absolute Gasteiger partial charge is 0.252 e. The van der Waals surface area contributed by atoms with Gasteiger partial charge in [-0.15, -0.1) is 0 Å². The van der Waals surface area contributed by atoms with Gasteiger partial charge in [0, 0.05) is 41.0 Å². The van der Waals surface area contributed by atoms with E-state index < -0.39 is 0 Å². The summed E-state index contributed by atoms with van der Waals surface area (Å²) in [6.07, 6.45) is 4.31. The van der Waals surface area contributed by atoms with Gasteiger partial charge in [-0.2, -0.15) is 0 Å². The standard InChI is InChI=1S/C27H33N3OS/c1-19-7-5-6-8-24(19)26-14-9-20(2)25(18-32-26)27(31)28-21-10-12-22(13-11-21)30-16-15-23(17-30)29(3)4/h5-8,10-14,18,20,23H,9,15-17H2,1-4H3,(H,28,31). The van der Waals surface area contributed by atoms with Crippen LogP contribution in [0.15, 0.2) is 65.6 Å². The van der Waals surface area contributed by atoms with Gasteiger partial charge in [0.05, 0.1) is 0 Å². The molecule has 1 N–H and O–H groups in total. The number of likely N-dealkylation sites (N-methyl/N-ethyl adjacent to an activating group) is 1. The molecule has 0 radical (unpaired) electrons. The highest BCUT2D eigenvalue weighted by Crippen LogP contribution is 2.37. The van der Waals surface area contributed by atoms with E-state index in [0.29, 0.717) is 6.04 Å². The number of carbonyl (C=O) groups is 1. The van der Waals surface area contributed by atoms with Crippen molar-refractivity contribution in [2.45, 2.75) is 32.7 Å². The van der Waals surface area contributed by atoms with Crippen molar-refractivity contribution >= 4 is 33.9 Å². The molecule has 2 heterocycles. The zero-order valence-electron chi connectivity index (χ0n) is 19.5. The summed E-state index contributed by atoms with van der Waals surface area (Å²) in [5.74, 6) is 0.168. The molecule has 4 nitrogen and oxygen atoms in total. The lowest BCUT2D eigenvalue weighted by Crippen LogP contribution is -2.31. The SMILES string of the molecule is Cc1ccccc1C1=CCC(C)C(C(=O)Nc2ccc(N3CCC(N(C)C)C3)cc2)=CS1. The normalized spacial score (nSPS) is 21.2. The molecule has 4 rings (SSSR count). The van der Waals surface area contributed by atoms with Crippen LogP contribution in [0.4, 0.5) is 11.4 Å². The fraction of sp³-hybridized carbons (Fsp3) is 0.370. The Morgan fingerprint density at radius 2 is 1.88 bits per heavy atom. The second-order valence-electron chi connectivity index (χ2n) is 9.06. The fourth-order valence-corrected chi connectivity index (χ4v) is 5.50. The molecule has 2 aliphatic rings. The van der Waals surface area contributed by atoms with Crippen LogP contribution in [-0.2, 0) is 4.79 Å². The summed E-state index contributed by atoms with van der Waals surface area (Å²) in [6, 6.07) is 17.3. The third-order valence-corrected chi connectivity index (χ3v) is 7.57. The molecule has 2 atom stereocenters. The molecule has 2 aromatic rings. The first-order valence-corrected chi connectivity index (χ1v) is 12.3. The fourth-order valence-electron chi connectivity index (χ4n) is 4.36. The monoisotopic (exact) mass is 447 g/mol. The molecular formula is C27H33N3OS. The third-order valence-electron chi connectivity index (χ3n) is 6.56. The highest BCUT2D eigenvalue weighted by Gasteiger charge is 2.24. The molecular weight excluding hydrogens is 414 g/mol. The first-order valence-electron chi connectivity index (χ1n) is 11.4. The van der Waals surface area contributed by atoms with E-state index in [-0.39, 0.29) is 11.8 Å². The number of benzene rings is 2. The van der Waals surface area contributed by atoms with Crippen LogP contribution >= 0.6 is 11.8 Å². The number of rotatable bonds is 5. The molecule has 0 saturated carbocycles. The van der Waals surface area contributed by atoms with Crippen LogP contribution in [0, 0.1) is 12.8 Å². The second-order valence-corrected chi connectivity index (χ2v) is 9.98. The van der Waals surface area contributed by atoms with Crippen LogP contribution in [0.5, 0.6) is 0 Å². The lowest BCUT2D eigenvalue weighted by atomic mass is 9.97. The molecule has 0 aromatic heterocycles. The summed E-state index contributed by atoms with van der Waals surface area (Å²) < 4.78 is 0. The third kappa shape index (κ3) is 5.11. The van der Waals surface area contributed by atoms with E-state index in [9.17, 15) is 4.79 Å². The number of nitrogens with one attached hydrogen (secondary N) is 1. The van der Waals surface area contributed by atoms with Gasteiger partial charge in [-0.1, -0.05) is 49.0 Å². The molecule has 168 valence electrons. The van der Waals surface area contributed by atoms with Crippen molar-refractivity contribution in [2.24, 2.45) is 5.92 Å². The Labute approximate surface area is 196 Å². The molecule has 2 aliphatic heterocycles. The Kier molecular flexibility index (Phi) is 7.07. The summed E-state index contributed by atoms with van der Waals surface area (Å²) >= 11 is 1.65. The molecule has 32 heavy (non-hydrogen) atoms. The average molecular weight is 448 g/mol. The molecule has 2 unspecified atom stereocenters. The van der Waals surface area contributed by atoms with E-state index in [1.807, 2.05) is 17.5 Å². The number of carbonyl (C=O) groups excluding carboxylic acids is 1. The second kappa shape index (κ2) is 9.97.